The molecule has 0 spiro atoms. The van der Waals surface area contributed by atoms with Crippen LogP contribution >= 0.6 is 0 Å². The summed E-state index contributed by atoms with van der Waals surface area (Å²) < 4.78 is 17.1. The first-order valence-corrected chi connectivity index (χ1v) is 8.28. The Balaban J connectivity index is 2.21. The van der Waals surface area contributed by atoms with Gasteiger partial charge in [-0.25, -0.2) is 0 Å². The van der Waals surface area contributed by atoms with Crippen LogP contribution in [0.2, 0.25) is 0 Å². The lowest BCUT2D eigenvalue weighted by molar-refractivity contribution is 0.122. The summed E-state index contributed by atoms with van der Waals surface area (Å²) in [7, 11) is 0. The minimum absolute atomic E-state index is 0.638. The Morgan fingerprint density at radius 2 is 1.77 bits per heavy atom. The van der Waals surface area contributed by atoms with Gasteiger partial charge in [-0.3, -0.25) is 0 Å². The highest BCUT2D eigenvalue weighted by molar-refractivity contribution is 5.70. The van der Waals surface area contributed by atoms with E-state index in [1.165, 1.54) is 0 Å². The zero-order chi connectivity index (χ0) is 15.8. The molecule has 124 valence electrons. The largest absolute Gasteiger partial charge is 0.491 e. The molecule has 5 nitrogen and oxygen atoms in total. The van der Waals surface area contributed by atoms with Gasteiger partial charge in [0.15, 0.2) is 0 Å². The number of ether oxygens (including phenoxy) is 3. The number of hydrogen-bond acceptors (Lipinski definition) is 5. The van der Waals surface area contributed by atoms with Gasteiger partial charge in [0.1, 0.15) is 11.5 Å². The Morgan fingerprint density at radius 3 is 2.45 bits per heavy atom. The normalized spacial score (nSPS) is 14.9. The van der Waals surface area contributed by atoms with Crippen LogP contribution in [0.5, 0.6) is 11.5 Å². The summed E-state index contributed by atoms with van der Waals surface area (Å²) in [6.07, 6.45) is 3.10. The van der Waals surface area contributed by atoms with E-state index in [1.54, 1.807) is 0 Å². The van der Waals surface area contributed by atoms with Crippen LogP contribution in [0.15, 0.2) is 12.1 Å². The number of nitrogens with zero attached hydrogens (tertiary/aromatic N) is 1. The molecule has 1 aromatic rings. The fraction of sp³-hybridized carbons (Fsp3) is 0.647. The van der Waals surface area contributed by atoms with Gasteiger partial charge in [0.2, 0.25) is 0 Å². The fourth-order valence-electron chi connectivity index (χ4n) is 2.40. The second kappa shape index (κ2) is 8.73. The molecule has 1 fully saturated rings. The average molecular weight is 308 g/mol. The number of hydrogen-bond donors (Lipinski definition) is 1. The van der Waals surface area contributed by atoms with Gasteiger partial charge in [-0.1, -0.05) is 20.3 Å². The SMILES string of the molecule is CCCCOc1cc(N2CCOCC2)c(OCCC)cc1N. The third-order valence-corrected chi connectivity index (χ3v) is 3.66. The van der Waals surface area contributed by atoms with E-state index in [1.807, 2.05) is 12.1 Å². The molecule has 1 heterocycles. The van der Waals surface area contributed by atoms with Crippen LogP contribution in [0, 0.1) is 0 Å². The highest BCUT2D eigenvalue weighted by Gasteiger charge is 2.18. The van der Waals surface area contributed by atoms with Crippen LogP contribution in [0.4, 0.5) is 11.4 Å². The third kappa shape index (κ3) is 4.44. The molecule has 1 aliphatic rings. The summed E-state index contributed by atoms with van der Waals surface area (Å²) in [5.74, 6) is 1.59. The second-order valence-electron chi connectivity index (χ2n) is 5.51. The monoisotopic (exact) mass is 308 g/mol. The molecule has 1 aromatic carbocycles. The molecule has 0 aliphatic carbocycles. The van der Waals surface area contributed by atoms with Crippen LogP contribution in [-0.4, -0.2) is 39.5 Å². The molecule has 0 saturated carbocycles. The number of morpholine rings is 1. The van der Waals surface area contributed by atoms with Crippen molar-refractivity contribution in [1.29, 1.82) is 0 Å². The van der Waals surface area contributed by atoms with Gasteiger partial charge in [0, 0.05) is 25.2 Å². The van der Waals surface area contributed by atoms with Crippen LogP contribution in [-0.2, 0) is 4.74 Å². The van der Waals surface area contributed by atoms with Crippen LogP contribution in [0.3, 0.4) is 0 Å². The van der Waals surface area contributed by atoms with Gasteiger partial charge in [0.05, 0.1) is 37.8 Å². The number of nitrogen functional groups attached to an aromatic ring is 1. The summed E-state index contributed by atoms with van der Waals surface area (Å²) in [4.78, 5) is 2.28. The molecule has 0 bridgehead atoms. The lowest BCUT2D eigenvalue weighted by atomic mass is 10.2. The number of nitrogens with two attached hydrogens (primary N) is 1. The first-order chi connectivity index (χ1) is 10.8. The van der Waals surface area contributed by atoms with Crippen molar-refractivity contribution >= 4 is 11.4 Å². The van der Waals surface area contributed by atoms with Crippen LogP contribution in [0.25, 0.3) is 0 Å². The third-order valence-electron chi connectivity index (χ3n) is 3.66. The number of benzene rings is 1. The first kappa shape index (κ1) is 16.7. The summed E-state index contributed by atoms with van der Waals surface area (Å²) in [5, 5.41) is 0. The predicted molar refractivity (Wildman–Crippen MR) is 90.1 cm³/mol. The molecule has 1 aliphatic heterocycles. The van der Waals surface area contributed by atoms with Gasteiger partial charge < -0.3 is 24.8 Å². The molecule has 2 N–H and O–H groups in total. The zero-order valence-corrected chi connectivity index (χ0v) is 13.8. The Labute approximate surface area is 133 Å². The highest BCUT2D eigenvalue weighted by atomic mass is 16.5. The topological polar surface area (TPSA) is 57.0 Å². The zero-order valence-electron chi connectivity index (χ0n) is 13.8. The minimum Gasteiger partial charge on any atom is -0.491 e. The lowest BCUT2D eigenvalue weighted by Crippen LogP contribution is -2.36. The van der Waals surface area contributed by atoms with Crippen molar-refractivity contribution < 1.29 is 14.2 Å². The maximum atomic E-state index is 6.13. The van der Waals surface area contributed by atoms with Gasteiger partial charge in [-0.15, -0.1) is 0 Å². The van der Waals surface area contributed by atoms with Crippen molar-refractivity contribution in [2.24, 2.45) is 0 Å². The summed E-state index contributed by atoms with van der Waals surface area (Å²) >= 11 is 0. The summed E-state index contributed by atoms with van der Waals surface area (Å²) in [6, 6.07) is 3.91. The molecule has 1 saturated heterocycles. The lowest BCUT2D eigenvalue weighted by Gasteiger charge is -2.31. The van der Waals surface area contributed by atoms with E-state index in [-0.39, 0.29) is 0 Å². The average Bonchev–Trinajstić information content (AvgIpc) is 2.55. The van der Waals surface area contributed by atoms with Crippen molar-refractivity contribution in [2.45, 2.75) is 33.1 Å². The first-order valence-electron chi connectivity index (χ1n) is 8.28. The van der Waals surface area contributed by atoms with E-state index < -0.39 is 0 Å². The van der Waals surface area contributed by atoms with Crippen LogP contribution < -0.4 is 20.1 Å². The van der Waals surface area contributed by atoms with E-state index in [2.05, 4.69) is 18.7 Å². The standard InChI is InChI=1S/C17H28N2O3/c1-3-5-9-22-16-13-15(19-6-10-20-11-7-19)17(12-14(16)18)21-8-4-2/h12-13H,3-11,18H2,1-2H3. The predicted octanol–water partition coefficient (Wildman–Crippen LogP) is 3.07. The van der Waals surface area contributed by atoms with Gasteiger partial charge >= 0.3 is 0 Å². The highest BCUT2D eigenvalue weighted by Crippen LogP contribution is 2.37. The Morgan fingerprint density at radius 1 is 1.05 bits per heavy atom. The molecule has 0 radical (unpaired) electrons. The molecule has 0 amide bonds. The number of anilines is 2. The second-order valence-corrected chi connectivity index (χ2v) is 5.51. The molecule has 0 aromatic heterocycles. The number of unbranched alkanes of at least 4 members (excludes halogenated alkanes) is 1. The Hall–Kier alpha value is -1.62. The van der Waals surface area contributed by atoms with Crippen molar-refractivity contribution in [3.63, 3.8) is 0 Å². The van der Waals surface area contributed by atoms with Gasteiger partial charge in [-0.2, -0.15) is 0 Å². The van der Waals surface area contributed by atoms with Crippen molar-refractivity contribution in [1.82, 2.24) is 0 Å². The van der Waals surface area contributed by atoms with Crippen molar-refractivity contribution in [2.75, 3.05) is 50.2 Å². The molecule has 5 heteroatoms. The Kier molecular flexibility index (Phi) is 6.65. The quantitative estimate of drug-likeness (QED) is 0.591. The van der Waals surface area contributed by atoms with E-state index in [0.717, 1.165) is 62.8 Å². The van der Waals surface area contributed by atoms with E-state index in [0.29, 0.717) is 18.9 Å². The van der Waals surface area contributed by atoms with E-state index in [4.69, 9.17) is 19.9 Å². The summed E-state index contributed by atoms with van der Waals surface area (Å²) in [5.41, 5.74) is 7.82. The van der Waals surface area contributed by atoms with Crippen LogP contribution in [0.1, 0.15) is 33.1 Å². The molecular formula is C17H28N2O3. The van der Waals surface area contributed by atoms with E-state index in [9.17, 15) is 0 Å². The van der Waals surface area contributed by atoms with Gasteiger partial charge in [-0.05, 0) is 12.8 Å². The minimum atomic E-state index is 0.638. The number of rotatable bonds is 8. The molecular weight excluding hydrogens is 280 g/mol. The smallest absolute Gasteiger partial charge is 0.144 e. The van der Waals surface area contributed by atoms with E-state index >= 15 is 0 Å². The Bertz CT molecular complexity index is 459. The molecule has 22 heavy (non-hydrogen) atoms. The molecule has 0 atom stereocenters. The molecule has 2 rings (SSSR count). The van der Waals surface area contributed by atoms with Gasteiger partial charge in [0.25, 0.3) is 0 Å². The molecule has 0 unspecified atom stereocenters. The maximum absolute atomic E-state index is 6.13. The van der Waals surface area contributed by atoms with Crippen molar-refractivity contribution in [3.05, 3.63) is 12.1 Å². The maximum Gasteiger partial charge on any atom is 0.144 e. The summed E-state index contributed by atoms with van der Waals surface area (Å²) in [6.45, 7) is 8.83. The van der Waals surface area contributed by atoms with Crippen molar-refractivity contribution in [3.8, 4) is 11.5 Å². The fourth-order valence-corrected chi connectivity index (χ4v) is 2.40.